The first kappa shape index (κ1) is 19.1. The molecule has 0 spiro atoms. The lowest BCUT2D eigenvalue weighted by Gasteiger charge is -2.22. The molecule has 0 atom stereocenters. The highest BCUT2D eigenvalue weighted by Gasteiger charge is 2.08. The Morgan fingerprint density at radius 1 is 1.16 bits per heavy atom. The van der Waals surface area contributed by atoms with E-state index in [4.69, 9.17) is 11.6 Å². The van der Waals surface area contributed by atoms with Crippen LogP contribution in [0.2, 0.25) is 5.02 Å². The van der Waals surface area contributed by atoms with Crippen molar-refractivity contribution < 1.29 is 9.18 Å². The summed E-state index contributed by atoms with van der Waals surface area (Å²) in [4.78, 5) is 14.3. The van der Waals surface area contributed by atoms with E-state index in [1.54, 1.807) is 0 Å². The van der Waals surface area contributed by atoms with Crippen molar-refractivity contribution in [1.29, 1.82) is 0 Å². The molecule has 0 radical (unpaired) electrons. The second kappa shape index (κ2) is 8.72. The first-order valence-electron chi connectivity index (χ1n) is 8.29. The summed E-state index contributed by atoms with van der Waals surface area (Å²) >= 11 is 5.71. The maximum absolute atomic E-state index is 13.1. The number of halogens is 2. The Morgan fingerprint density at radius 3 is 2.48 bits per heavy atom. The fraction of sp³-hybridized carbons (Fsp3) is 0.316. The smallest absolute Gasteiger partial charge is 0.243 e. The fourth-order valence-electron chi connectivity index (χ4n) is 2.59. The van der Waals surface area contributed by atoms with Crippen LogP contribution in [0.3, 0.4) is 0 Å². The zero-order chi connectivity index (χ0) is 18.4. The molecular formula is C19H23ClFN3O. The number of rotatable bonds is 7. The van der Waals surface area contributed by atoms with Gasteiger partial charge in [-0.15, -0.1) is 0 Å². The summed E-state index contributed by atoms with van der Waals surface area (Å²) in [5.41, 5.74) is 3.61. The molecule has 2 N–H and O–H groups in total. The predicted octanol–water partition coefficient (Wildman–Crippen LogP) is 4.68. The number of hydrogen-bond donors (Lipinski definition) is 2. The van der Waals surface area contributed by atoms with Gasteiger partial charge in [-0.2, -0.15) is 0 Å². The molecule has 4 nitrogen and oxygen atoms in total. The van der Waals surface area contributed by atoms with E-state index in [-0.39, 0.29) is 17.5 Å². The quantitative estimate of drug-likeness (QED) is 0.750. The molecule has 2 aromatic rings. The Balaban J connectivity index is 1.96. The number of benzene rings is 2. The van der Waals surface area contributed by atoms with E-state index in [1.165, 1.54) is 23.9 Å². The van der Waals surface area contributed by atoms with Gasteiger partial charge in [0.15, 0.2) is 0 Å². The number of hydrogen-bond acceptors (Lipinski definition) is 3. The molecule has 25 heavy (non-hydrogen) atoms. The summed E-state index contributed by atoms with van der Waals surface area (Å²) in [6.07, 6.45) is 0. The molecule has 0 heterocycles. The van der Waals surface area contributed by atoms with Crippen LogP contribution in [0.4, 0.5) is 21.5 Å². The second-order valence-electron chi connectivity index (χ2n) is 5.70. The number of carbonyl (C=O) groups is 1. The van der Waals surface area contributed by atoms with Gasteiger partial charge in [0.05, 0.1) is 11.6 Å². The molecule has 0 unspecified atom stereocenters. The highest BCUT2D eigenvalue weighted by molar-refractivity contribution is 6.31. The van der Waals surface area contributed by atoms with Crippen LogP contribution in [0.15, 0.2) is 36.4 Å². The number of nitrogens with zero attached hydrogens (tertiary/aromatic N) is 1. The molecule has 0 aliphatic heterocycles. The molecule has 0 aliphatic rings. The van der Waals surface area contributed by atoms with Gasteiger partial charge in [0.25, 0.3) is 0 Å². The molecule has 0 fully saturated rings. The molecule has 0 aromatic heterocycles. The van der Waals surface area contributed by atoms with Gasteiger partial charge in [-0.25, -0.2) is 4.39 Å². The maximum atomic E-state index is 13.1. The maximum Gasteiger partial charge on any atom is 0.243 e. The fourth-order valence-corrected chi connectivity index (χ4v) is 2.77. The third kappa shape index (κ3) is 5.10. The molecule has 0 saturated carbocycles. The third-order valence-electron chi connectivity index (χ3n) is 3.98. The van der Waals surface area contributed by atoms with E-state index in [0.29, 0.717) is 5.69 Å². The monoisotopic (exact) mass is 363 g/mol. The second-order valence-corrected chi connectivity index (χ2v) is 6.11. The molecule has 0 aliphatic carbocycles. The van der Waals surface area contributed by atoms with Crippen LogP contribution in [0, 0.1) is 12.7 Å². The summed E-state index contributed by atoms with van der Waals surface area (Å²) < 4.78 is 13.1. The lowest BCUT2D eigenvalue weighted by atomic mass is 10.1. The molecule has 2 aromatic carbocycles. The topological polar surface area (TPSA) is 44.4 Å². The highest BCUT2D eigenvalue weighted by atomic mass is 35.5. The van der Waals surface area contributed by atoms with Gasteiger partial charge < -0.3 is 15.5 Å². The number of aryl methyl sites for hydroxylation is 1. The van der Waals surface area contributed by atoms with Crippen molar-refractivity contribution in [2.75, 3.05) is 35.2 Å². The van der Waals surface area contributed by atoms with E-state index in [1.807, 2.05) is 19.1 Å². The van der Waals surface area contributed by atoms with Gasteiger partial charge >= 0.3 is 0 Å². The number of nitrogens with one attached hydrogen (secondary N) is 2. The van der Waals surface area contributed by atoms with Crippen molar-refractivity contribution in [3.05, 3.63) is 52.8 Å². The van der Waals surface area contributed by atoms with E-state index in [9.17, 15) is 9.18 Å². The Kier molecular flexibility index (Phi) is 6.65. The van der Waals surface area contributed by atoms with Crippen molar-refractivity contribution in [3.63, 3.8) is 0 Å². The standard InChI is InChI=1S/C19H23ClFN3O/c1-4-24(5-2)15-7-9-18(13(3)10-15)22-12-19(25)23-14-6-8-17(21)16(20)11-14/h6-11,22H,4-5,12H2,1-3H3,(H,23,25). The van der Waals surface area contributed by atoms with E-state index in [0.717, 1.165) is 24.3 Å². The zero-order valence-electron chi connectivity index (χ0n) is 14.7. The molecule has 2 rings (SSSR count). The molecule has 134 valence electrons. The average Bonchev–Trinajstić information content (AvgIpc) is 2.58. The van der Waals surface area contributed by atoms with Crippen molar-refractivity contribution in [1.82, 2.24) is 0 Å². The summed E-state index contributed by atoms with van der Waals surface area (Å²) in [5.74, 6) is -0.739. The zero-order valence-corrected chi connectivity index (χ0v) is 15.5. The van der Waals surface area contributed by atoms with Gasteiger partial charge in [0, 0.05) is 30.2 Å². The summed E-state index contributed by atoms with van der Waals surface area (Å²) in [7, 11) is 0. The minimum absolute atomic E-state index is 0.0198. The van der Waals surface area contributed by atoms with Crippen LogP contribution in [-0.2, 0) is 4.79 Å². The summed E-state index contributed by atoms with van der Waals surface area (Å²) in [5, 5.41) is 5.79. The van der Waals surface area contributed by atoms with Crippen LogP contribution < -0.4 is 15.5 Å². The minimum Gasteiger partial charge on any atom is -0.376 e. The highest BCUT2D eigenvalue weighted by Crippen LogP contribution is 2.23. The predicted molar refractivity (Wildman–Crippen MR) is 103 cm³/mol. The summed E-state index contributed by atoms with van der Waals surface area (Å²) in [6.45, 7) is 8.26. The molecule has 0 saturated heterocycles. The van der Waals surface area contributed by atoms with Crippen LogP contribution in [-0.4, -0.2) is 25.5 Å². The van der Waals surface area contributed by atoms with Crippen LogP contribution in [0.25, 0.3) is 0 Å². The van der Waals surface area contributed by atoms with Gasteiger partial charge in [-0.05, 0) is 62.7 Å². The van der Waals surface area contributed by atoms with Crippen molar-refractivity contribution in [3.8, 4) is 0 Å². The molecule has 1 amide bonds. The van der Waals surface area contributed by atoms with Gasteiger partial charge in [0.2, 0.25) is 5.91 Å². The minimum atomic E-state index is -0.512. The molecular weight excluding hydrogens is 341 g/mol. The lowest BCUT2D eigenvalue weighted by Crippen LogP contribution is -2.23. The van der Waals surface area contributed by atoms with Crippen LogP contribution in [0.5, 0.6) is 0 Å². The van der Waals surface area contributed by atoms with Gasteiger partial charge in [-0.1, -0.05) is 11.6 Å². The Bertz CT molecular complexity index is 747. The molecule has 0 bridgehead atoms. The number of amides is 1. The van der Waals surface area contributed by atoms with Crippen molar-refractivity contribution >= 4 is 34.6 Å². The van der Waals surface area contributed by atoms with Gasteiger partial charge in [-0.3, -0.25) is 4.79 Å². The van der Waals surface area contributed by atoms with Crippen LogP contribution in [0.1, 0.15) is 19.4 Å². The number of anilines is 3. The third-order valence-corrected chi connectivity index (χ3v) is 4.27. The normalized spacial score (nSPS) is 10.4. The largest absolute Gasteiger partial charge is 0.376 e. The first-order chi connectivity index (χ1) is 11.9. The van der Waals surface area contributed by atoms with E-state index in [2.05, 4.69) is 35.4 Å². The number of carbonyl (C=O) groups excluding carboxylic acids is 1. The van der Waals surface area contributed by atoms with E-state index < -0.39 is 5.82 Å². The summed E-state index contributed by atoms with van der Waals surface area (Å²) in [6, 6.07) is 10.2. The van der Waals surface area contributed by atoms with Crippen molar-refractivity contribution in [2.24, 2.45) is 0 Å². The van der Waals surface area contributed by atoms with E-state index >= 15 is 0 Å². The Labute approximate surface area is 153 Å². The average molecular weight is 364 g/mol. The Morgan fingerprint density at radius 2 is 1.88 bits per heavy atom. The Hall–Kier alpha value is -2.27. The first-order valence-corrected chi connectivity index (χ1v) is 8.66. The van der Waals surface area contributed by atoms with Crippen LogP contribution >= 0.6 is 11.6 Å². The SMILES string of the molecule is CCN(CC)c1ccc(NCC(=O)Nc2ccc(F)c(Cl)c2)c(C)c1. The molecule has 6 heteroatoms. The van der Waals surface area contributed by atoms with Gasteiger partial charge in [0.1, 0.15) is 5.82 Å². The lowest BCUT2D eigenvalue weighted by molar-refractivity contribution is -0.114. The van der Waals surface area contributed by atoms with Crippen molar-refractivity contribution in [2.45, 2.75) is 20.8 Å².